The quantitative estimate of drug-likeness (QED) is 0.295. The van der Waals surface area contributed by atoms with Crippen molar-refractivity contribution in [1.29, 1.82) is 5.41 Å². The molecule has 1 aliphatic heterocycles. The minimum Gasteiger partial charge on any atom is -0.490 e. The SMILES string of the molecule is COc1ccc(N)[n+](C(=N)Cc2cccc(-c3ncc(OCC4CCNCC4)cn3)c2)n1. The van der Waals surface area contributed by atoms with Crippen molar-refractivity contribution in [3.63, 3.8) is 0 Å². The van der Waals surface area contributed by atoms with Crippen LogP contribution in [0.3, 0.4) is 0 Å². The van der Waals surface area contributed by atoms with E-state index in [0.29, 0.717) is 42.2 Å². The number of hydrogen-bond donors (Lipinski definition) is 3. The standard InChI is InChI=1S/C23H27N7O2/c1-31-22-6-5-20(24)30(29-22)21(25)12-17-3-2-4-18(11-17)23-27-13-19(14-28-23)32-15-16-7-9-26-10-8-16/h2-6,11,13-14,16,24-26H,7-10,12,15H2,1H3/p+1. The molecular formula is C23H28N7O2+. The molecule has 0 amide bonds. The van der Waals surface area contributed by atoms with Crippen molar-refractivity contribution in [2.45, 2.75) is 19.3 Å². The summed E-state index contributed by atoms with van der Waals surface area (Å²) in [6.45, 7) is 2.80. The van der Waals surface area contributed by atoms with Gasteiger partial charge in [0, 0.05) is 17.7 Å². The zero-order chi connectivity index (χ0) is 22.3. The van der Waals surface area contributed by atoms with E-state index in [-0.39, 0.29) is 5.84 Å². The molecule has 0 bridgehead atoms. The van der Waals surface area contributed by atoms with Gasteiger partial charge in [0.1, 0.15) is 0 Å². The van der Waals surface area contributed by atoms with Crippen LogP contribution in [0.25, 0.3) is 11.4 Å². The molecule has 3 heterocycles. The normalized spacial score (nSPS) is 14.2. The maximum absolute atomic E-state index is 8.43. The van der Waals surface area contributed by atoms with E-state index >= 15 is 0 Å². The maximum Gasteiger partial charge on any atom is 0.258 e. The molecule has 0 unspecified atom stereocenters. The van der Waals surface area contributed by atoms with Gasteiger partial charge >= 0.3 is 0 Å². The Balaban J connectivity index is 1.41. The van der Waals surface area contributed by atoms with Crippen LogP contribution < -0.4 is 25.2 Å². The molecule has 4 N–H and O–H groups in total. The van der Waals surface area contributed by atoms with Crippen molar-refractivity contribution >= 4 is 11.7 Å². The number of piperidine rings is 1. The fraction of sp³-hybridized carbons (Fsp3) is 0.348. The molecular weight excluding hydrogens is 406 g/mol. The number of nitrogen functional groups attached to an aromatic ring is 1. The lowest BCUT2D eigenvalue weighted by Gasteiger charge is -2.22. The summed E-state index contributed by atoms with van der Waals surface area (Å²) >= 11 is 0. The van der Waals surface area contributed by atoms with Crippen LogP contribution in [-0.4, -0.2) is 47.7 Å². The number of hydrogen-bond acceptors (Lipinski definition) is 8. The summed E-state index contributed by atoms with van der Waals surface area (Å²) in [6.07, 6.45) is 6.05. The van der Waals surface area contributed by atoms with Crippen LogP contribution in [0, 0.1) is 11.3 Å². The molecule has 0 aliphatic carbocycles. The fourth-order valence-corrected chi connectivity index (χ4v) is 3.63. The molecule has 1 saturated heterocycles. The zero-order valence-corrected chi connectivity index (χ0v) is 18.1. The Morgan fingerprint density at radius 2 is 1.97 bits per heavy atom. The highest BCUT2D eigenvalue weighted by atomic mass is 16.5. The van der Waals surface area contributed by atoms with Crippen LogP contribution in [0.5, 0.6) is 11.6 Å². The van der Waals surface area contributed by atoms with Crippen molar-refractivity contribution in [3.05, 3.63) is 54.4 Å². The highest BCUT2D eigenvalue weighted by molar-refractivity contribution is 5.74. The van der Waals surface area contributed by atoms with E-state index in [2.05, 4.69) is 20.4 Å². The summed E-state index contributed by atoms with van der Waals surface area (Å²) in [6, 6.07) is 11.1. The monoisotopic (exact) mass is 434 g/mol. The highest BCUT2D eigenvalue weighted by Crippen LogP contribution is 2.20. The van der Waals surface area contributed by atoms with Crippen molar-refractivity contribution < 1.29 is 14.2 Å². The molecule has 9 nitrogen and oxygen atoms in total. The van der Waals surface area contributed by atoms with E-state index in [1.165, 1.54) is 11.8 Å². The molecule has 1 fully saturated rings. The summed E-state index contributed by atoms with van der Waals surface area (Å²) in [5.41, 5.74) is 7.78. The van der Waals surface area contributed by atoms with Crippen LogP contribution in [0.4, 0.5) is 5.82 Å². The maximum atomic E-state index is 8.43. The smallest absolute Gasteiger partial charge is 0.258 e. The Morgan fingerprint density at radius 1 is 1.19 bits per heavy atom. The molecule has 32 heavy (non-hydrogen) atoms. The molecule has 3 aromatic rings. The minimum absolute atomic E-state index is 0.237. The van der Waals surface area contributed by atoms with E-state index in [9.17, 15) is 0 Å². The Bertz CT molecular complexity index is 1070. The average Bonchev–Trinajstić information content (AvgIpc) is 2.84. The second-order valence-electron chi connectivity index (χ2n) is 7.78. The van der Waals surface area contributed by atoms with Crippen molar-refractivity contribution in [1.82, 2.24) is 20.4 Å². The Labute approximate surface area is 187 Å². The molecule has 4 rings (SSSR count). The van der Waals surface area contributed by atoms with Crippen LogP contribution in [-0.2, 0) is 6.42 Å². The van der Waals surface area contributed by atoms with Crippen LogP contribution in [0.1, 0.15) is 18.4 Å². The molecule has 0 atom stereocenters. The first-order chi connectivity index (χ1) is 15.6. The van der Waals surface area contributed by atoms with Gasteiger partial charge in [-0.05, 0) is 43.5 Å². The van der Waals surface area contributed by atoms with Gasteiger partial charge in [0.05, 0.1) is 32.5 Å². The fourth-order valence-electron chi connectivity index (χ4n) is 3.63. The van der Waals surface area contributed by atoms with Gasteiger partial charge in [-0.3, -0.25) is 0 Å². The van der Waals surface area contributed by atoms with Gasteiger partial charge in [0.2, 0.25) is 11.7 Å². The van der Waals surface area contributed by atoms with Gasteiger partial charge in [-0.2, -0.15) is 5.41 Å². The Kier molecular flexibility index (Phi) is 6.86. The van der Waals surface area contributed by atoms with Crippen molar-refractivity contribution in [2.24, 2.45) is 5.92 Å². The molecule has 2 aromatic heterocycles. The zero-order valence-electron chi connectivity index (χ0n) is 18.1. The molecule has 1 aromatic carbocycles. The van der Waals surface area contributed by atoms with Gasteiger partial charge < -0.3 is 20.5 Å². The largest absolute Gasteiger partial charge is 0.490 e. The van der Waals surface area contributed by atoms with E-state index in [0.717, 1.165) is 37.1 Å². The second kappa shape index (κ2) is 10.1. The van der Waals surface area contributed by atoms with E-state index in [4.69, 9.17) is 20.6 Å². The lowest BCUT2D eigenvalue weighted by Crippen LogP contribution is -2.49. The Hall–Kier alpha value is -3.59. The van der Waals surface area contributed by atoms with Crippen molar-refractivity contribution in [2.75, 3.05) is 32.5 Å². The topological polar surface area (TPSA) is 123 Å². The number of aromatic nitrogens is 4. The molecule has 9 heteroatoms. The molecule has 166 valence electrons. The highest BCUT2D eigenvalue weighted by Gasteiger charge is 2.16. The number of nitrogens with zero attached hydrogens (tertiary/aromatic N) is 4. The second-order valence-corrected chi connectivity index (χ2v) is 7.78. The lowest BCUT2D eigenvalue weighted by molar-refractivity contribution is -0.610. The number of methoxy groups -OCH3 is 1. The number of anilines is 1. The third-order valence-corrected chi connectivity index (χ3v) is 5.43. The van der Waals surface area contributed by atoms with Crippen LogP contribution >= 0.6 is 0 Å². The first-order valence-corrected chi connectivity index (χ1v) is 10.7. The van der Waals surface area contributed by atoms with Gasteiger partial charge in [0.25, 0.3) is 5.84 Å². The summed E-state index contributed by atoms with van der Waals surface area (Å²) in [7, 11) is 1.53. The summed E-state index contributed by atoms with van der Waals surface area (Å²) in [5, 5.41) is 16.0. The number of rotatable bonds is 7. The van der Waals surface area contributed by atoms with Crippen LogP contribution in [0.2, 0.25) is 0 Å². The van der Waals surface area contributed by atoms with E-state index in [1.807, 2.05) is 24.3 Å². The van der Waals surface area contributed by atoms with Gasteiger partial charge in [-0.1, -0.05) is 23.3 Å². The lowest BCUT2D eigenvalue weighted by atomic mass is 9.99. The van der Waals surface area contributed by atoms with Gasteiger partial charge in [0.15, 0.2) is 11.6 Å². The first-order valence-electron chi connectivity index (χ1n) is 10.7. The van der Waals surface area contributed by atoms with E-state index < -0.39 is 0 Å². The van der Waals surface area contributed by atoms with Gasteiger partial charge in [-0.15, -0.1) is 4.68 Å². The molecule has 1 aliphatic rings. The number of nitrogens with two attached hydrogens (primary N) is 1. The van der Waals surface area contributed by atoms with Gasteiger partial charge in [-0.25, -0.2) is 9.97 Å². The molecule has 0 saturated carbocycles. The van der Waals surface area contributed by atoms with Crippen LogP contribution in [0.15, 0.2) is 48.8 Å². The molecule has 0 radical (unpaired) electrons. The third kappa shape index (κ3) is 5.36. The number of nitrogens with one attached hydrogen (secondary N) is 2. The average molecular weight is 435 g/mol. The minimum atomic E-state index is 0.237. The summed E-state index contributed by atoms with van der Waals surface area (Å²) < 4.78 is 12.4. The van der Waals surface area contributed by atoms with Crippen molar-refractivity contribution in [3.8, 4) is 23.0 Å². The Morgan fingerprint density at radius 3 is 2.72 bits per heavy atom. The number of benzene rings is 1. The first kappa shape index (κ1) is 21.6. The number of ether oxygens (including phenoxy) is 2. The summed E-state index contributed by atoms with van der Waals surface area (Å²) in [5.74, 6) is 2.87. The predicted octanol–water partition coefficient (Wildman–Crippen LogP) is 1.86. The van der Waals surface area contributed by atoms with E-state index in [1.54, 1.807) is 24.5 Å². The summed E-state index contributed by atoms with van der Waals surface area (Å²) in [4.78, 5) is 8.94. The third-order valence-electron chi connectivity index (χ3n) is 5.43. The predicted molar refractivity (Wildman–Crippen MR) is 121 cm³/mol. The molecule has 0 spiro atoms.